The lowest BCUT2D eigenvalue weighted by molar-refractivity contribution is 0.0474. The Labute approximate surface area is 145 Å². The summed E-state index contributed by atoms with van der Waals surface area (Å²) < 4.78 is 2.27. The van der Waals surface area contributed by atoms with Crippen LogP contribution in [0.3, 0.4) is 0 Å². The average molecular weight is 337 g/mol. The van der Waals surface area contributed by atoms with Crippen LogP contribution in [-0.4, -0.2) is 33.4 Å². The molecule has 3 aromatic rings. The molecule has 0 saturated carbocycles. The maximum absolute atomic E-state index is 12.3. The lowest BCUT2D eigenvalue weighted by Crippen LogP contribution is -2.51. The number of carbonyl (C=O) groups excluding carboxylic acids is 1. The largest absolute Gasteiger partial charge is 0.337 e. The van der Waals surface area contributed by atoms with Crippen molar-refractivity contribution in [2.24, 2.45) is 5.92 Å². The number of hydrogen-bond donors (Lipinski definition) is 0. The zero-order valence-electron chi connectivity index (χ0n) is 13.6. The number of nitrogens with zero attached hydrogens (tertiary/aromatic N) is 3. The van der Waals surface area contributed by atoms with Crippen LogP contribution in [0, 0.1) is 12.8 Å². The Balaban J connectivity index is 1.45. The molecule has 0 spiro atoms. The molecular weight excluding hydrogens is 318 g/mol. The van der Waals surface area contributed by atoms with Gasteiger partial charge in [0.05, 0.1) is 4.88 Å². The van der Waals surface area contributed by atoms with E-state index in [2.05, 4.69) is 28.6 Å². The minimum absolute atomic E-state index is 0.159. The highest BCUT2D eigenvalue weighted by atomic mass is 32.1. The Bertz CT molecular complexity index is 833. The van der Waals surface area contributed by atoms with E-state index >= 15 is 0 Å². The van der Waals surface area contributed by atoms with Crippen LogP contribution >= 0.6 is 11.3 Å². The first-order valence-corrected chi connectivity index (χ1v) is 9.00. The summed E-state index contributed by atoms with van der Waals surface area (Å²) in [5, 5.41) is 1.95. The smallest absolute Gasteiger partial charge is 0.263 e. The fourth-order valence-corrected chi connectivity index (χ4v) is 3.87. The average Bonchev–Trinajstić information content (AvgIpc) is 3.21. The van der Waals surface area contributed by atoms with Crippen LogP contribution in [0.2, 0.25) is 0 Å². The number of benzene rings is 1. The van der Waals surface area contributed by atoms with Gasteiger partial charge in [-0.15, -0.1) is 11.3 Å². The highest BCUT2D eigenvalue weighted by Gasteiger charge is 2.32. The van der Waals surface area contributed by atoms with Crippen molar-refractivity contribution in [2.75, 3.05) is 13.1 Å². The van der Waals surface area contributed by atoms with Crippen LogP contribution in [0.5, 0.6) is 0 Å². The van der Waals surface area contributed by atoms with E-state index in [1.54, 1.807) is 0 Å². The molecule has 1 aliphatic heterocycles. The number of likely N-dealkylation sites (tertiary alicyclic amines) is 1. The second kappa shape index (κ2) is 6.24. The molecule has 0 bridgehead atoms. The van der Waals surface area contributed by atoms with Crippen LogP contribution in [0.25, 0.3) is 11.4 Å². The van der Waals surface area contributed by atoms with E-state index in [1.165, 1.54) is 11.3 Å². The third-order valence-electron chi connectivity index (χ3n) is 4.50. The van der Waals surface area contributed by atoms with Gasteiger partial charge in [0.1, 0.15) is 5.82 Å². The van der Waals surface area contributed by atoms with Crippen LogP contribution in [0.4, 0.5) is 0 Å². The molecule has 1 amide bonds. The Kier molecular flexibility index (Phi) is 3.94. The van der Waals surface area contributed by atoms with Crippen molar-refractivity contribution in [2.45, 2.75) is 13.5 Å². The zero-order chi connectivity index (χ0) is 16.5. The molecule has 3 heterocycles. The van der Waals surface area contributed by atoms with Crippen molar-refractivity contribution in [3.8, 4) is 11.4 Å². The summed E-state index contributed by atoms with van der Waals surface area (Å²) in [6.07, 6.45) is 1.93. The second-order valence-corrected chi connectivity index (χ2v) is 7.20. The minimum atomic E-state index is 0.159. The van der Waals surface area contributed by atoms with Crippen LogP contribution < -0.4 is 0 Å². The molecule has 0 atom stereocenters. The number of carbonyl (C=O) groups is 1. The zero-order valence-corrected chi connectivity index (χ0v) is 14.4. The molecule has 4 rings (SSSR count). The van der Waals surface area contributed by atoms with E-state index in [0.717, 1.165) is 41.6 Å². The Morgan fingerprint density at radius 2 is 2.00 bits per heavy atom. The highest BCUT2D eigenvalue weighted by Crippen LogP contribution is 2.26. The summed E-state index contributed by atoms with van der Waals surface area (Å²) in [6, 6.07) is 14.1. The quantitative estimate of drug-likeness (QED) is 0.728. The summed E-state index contributed by atoms with van der Waals surface area (Å²) in [6.45, 7) is 4.64. The summed E-state index contributed by atoms with van der Waals surface area (Å²) in [7, 11) is 0. The van der Waals surface area contributed by atoms with Crippen molar-refractivity contribution in [3.63, 3.8) is 0 Å². The molecule has 2 aromatic heterocycles. The first-order valence-electron chi connectivity index (χ1n) is 8.12. The Morgan fingerprint density at radius 1 is 1.21 bits per heavy atom. The first kappa shape index (κ1) is 15.1. The monoisotopic (exact) mass is 337 g/mol. The van der Waals surface area contributed by atoms with E-state index in [4.69, 9.17) is 0 Å². The van der Waals surface area contributed by atoms with Gasteiger partial charge in [-0.05, 0) is 18.4 Å². The molecular formula is C19H19N3OS. The molecule has 1 aromatic carbocycles. The van der Waals surface area contributed by atoms with E-state index in [-0.39, 0.29) is 5.91 Å². The van der Waals surface area contributed by atoms with Gasteiger partial charge in [-0.2, -0.15) is 0 Å². The molecule has 5 heteroatoms. The van der Waals surface area contributed by atoms with E-state index in [0.29, 0.717) is 5.92 Å². The minimum Gasteiger partial charge on any atom is -0.337 e. The van der Waals surface area contributed by atoms with Crippen molar-refractivity contribution >= 4 is 17.2 Å². The number of thiophene rings is 1. The molecule has 122 valence electrons. The van der Waals surface area contributed by atoms with E-state index in [9.17, 15) is 4.79 Å². The highest BCUT2D eigenvalue weighted by molar-refractivity contribution is 7.12. The van der Waals surface area contributed by atoms with Gasteiger partial charge in [0.15, 0.2) is 0 Å². The van der Waals surface area contributed by atoms with Gasteiger partial charge in [0.2, 0.25) is 0 Å². The topological polar surface area (TPSA) is 38.1 Å². The first-order chi connectivity index (χ1) is 11.7. The summed E-state index contributed by atoms with van der Waals surface area (Å²) in [4.78, 5) is 19.7. The lowest BCUT2D eigenvalue weighted by atomic mass is 9.99. The standard InChI is InChI=1S/C19H19N3OS/c1-14-10-20-18(16-6-3-2-4-7-16)22(14)13-15-11-21(12-15)19(23)17-8-5-9-24-17/h2-10,15H,11-13H2,1H3. The van der Waals surface area contributed by atoms with Crippen molar-refractivity contribution in [1.29, 1.82) is 0 Å². The third kappa shape index (κ3) is 2.76. The van der Waals surface area contributed by atoms with Gasteiger partial charge < -0.3 is 9.47 Å². The summed E-state index contributed by atoms with van der Waals surface area (Å²) in [5.74, 6) is 1.66. The predicted molar refractivity (Wildman–Crippen MR) is 96.1 cm³/mol. The number of aromatic nitrogens is 2. The van der Waals surface area contributed by atoms with Crippen molar-refractivity contribution < 1.29 is 4.79 Å². The molecule has 0 unspecified atom stereocenters. The van der Waals surface area contributed by atoms with Crippen molar-refractivity contribution in [1.82, 2.24) is 14.5 Å². The molecule has 24 heavy (non-hydrogen) atoms. The summed E-state index contributed by atoms with van der Waals surface area (Å²) in [5.41, 5.74) is 2.30. The molecule has 1 aliphatic rings. The van der Waals surface area contributed by atoms with Crippen molar-refractivity contribution in [3.05, 3.63) is 64.6 Å². The molecule has 0 aliphatic carbocycles. The molecule has 0 radical (unpaired) electrons. The van der Waals surface area contributed by atoms with Gasteiger partial charge in [-0.1, -0.05) is 36.4 Å². The van der Waals surface area contributed by atoms with Gasteiger partial charge in [0.25, 0.3) is 5.91 Å². The van der Waals surface area contributed by atoms with Crippen LogP contribution in [0.15, 0.2) is 54.0 Å². The SMILES string of the molecule is Cc1cnc(-c2ccccc2)n1CC1CN(C(=O)c2cccs2)C1. The number of amides is 1. The van der Waals surface area contributed by atoms with Gasteiger partial charge in [-0.25, -0.2) is 4.98 Å². The lowest BCUT2D eigenvalue weighted by Gasteiger charge is -2.39. The fourth-order valence-electron chi connectivity index (χ4n) is 3.17. The maximum Gasteiger partial charge on any atom is 0.263 e. The Hall–Kier alpha value is -2.40. The number of rotatable bonds is 4. The normalized spacial score (nSPS) is 14.6. The fraction of sp³-hybridized carbons (Fsp3) is 0.263. The van der Waals surface area contributed by atoms with Gasteiger partial charge in [0, 0.05) is 43.0 Å². The number of imidazole rings is 1. The van der Waals surface area contributed by atoms with Gasteiger partial charge in [-0.3, -0.25) is 4.79 Å². The Morgan fingerprint density at radius 3 is 2.71 bits per heavy atom. The second-order valence-electron chi connectivity index (χ2n) is 6.25. The number of aryl methyl sites for hydroxylation is 1. The molecule has 0 N–H and O–H groups in total. The van der Waals surface area contributed by atoms with Gasteiger partial charge >= 0.3 is 0 Å². The maximum atomic E-state index is 12.3. The number of hydrogen-bond acceptors (Lipinski definition) is 3. The molecule has 1 saturated heterocycles. The molecule has 4 nitrogen and oxygen atoms in total. The van der Waals surface area contributed by atoms with Crippen LogP contribution in [0.1, 0.15) is 15.4 Å². The summed E-state index contributed by atoms with van der Waals surface area (Å²) >= 11 is 1.51. The molecule has 1 fully saturated rings. The predicted octanol–water partition coefficient (Wildman–Crippen LogP) is 3.69. The van der Waals surface area contributed by atoms with Crippen LogP contribution in [-0.2, 0) is 6.54 Å². The van der Waals surface area contributed by atoms with E-state index in [1.807, 2.05) is 46.8 Å². The van der Waals surface area contributed by atoms with E-state index < -0.39 is 0 Å². The third-order valence-corrected chi connectivity index (χ3v) is 5.36.